The third-order valence-electron chi connectivity index (χ3n) is 3.54. The zero-order chi connectivity index (χ0) is 15.1. The lowest BCUT2D eigenvalue weighted by Crippen LogP contribution is -2.37. The van der Waals surface area contributed by atoms with Gasteiger partial charge in [0, 0.05) is 16.5 Å². The van der Waals surface area contributed by atoms with Crippen molar-refractivity contribution in [1.29, 1.82) is 0 Å². The standard InChI is InChI=1S/C15H12ClN3O2/c1-8-9(2)15(21)19(14(8)20)18-13-11-6-4-3-5-10(11)7-12(16)17-13/h3-7H,1-2H3,(H,17,18). The number of carbonyl (C=O) groups excluding carboxylic acids is 2. The van der Waals surface area contributed by atoms with Crippen LogP contribution in [0.2, 0.25) is 5.15 Å². The average Bonchev–Trinajstić information content (AvgIpc) is 2.65. The van der Waals surface area contributed by atoms with Crippen molar-refractivity contribution in [3.8, 4) is 0 Å². The number of anilines is 1. The minimum Gasteiger partial charge on any atom is -0.271 e. The number of nitrogens with one attached hydrogen (secondary N) is 1. The molecule has 1 N–H and O–H groups in total. The highest BCUT2D eigenvalue weighted by molar-refractivity contribution is 6.30. The molecule has 0 aliphatic carbocycles. The molecule has 0 saturated carbocycles. The quantitative estimate of drug-likeness (QED) is 0.684. The van der Waals surface area contributed by atoms with Crippen molar-refractivity contribution in [3.63, 3.8) is 0 Å². The van der Waals surface area contributed by atoms with Crippen molar-refractivity contribution < 1.29 is 9.59 Å². The fraction of sp³-hybridized carbons (Fsp3) is 0.133. The molecule has 1 aliphatic heterocycles. The van der Waals surface area contributed by atoms with E-state index in [-0.39, 0.29) is 17.0 Å². The Labute approximate surface area is 126 Å². The number of nitrogens with zero attached hydrogens (tertiary/aromatic N) is 2. The Bertz CT molecular complexity index is 790. The summed E-state index contributed by atoms with van der Waals surface area (Å²) in [6.45, 7) is 3.25. The van der Waals surface area contributed by atoms with Crippen molar-refractivity contribution in [1.82, 2.24) is 9.99 Å². The Kier molecular flexibility index (Phi) is 3.14. The van der Waals surface area contributed by atoms with Gasteiger partial charge in [-0.3, -0.25) is 15.0 Å². The van der Waals surface area contributed by atoms with Gasteiger partial charge in [0.1, 0.15) is 5.15 Å². The molecule has 5 nitrogen and oxygen atoms in total. The van der Waals surface area contributed by atoms with E-state index in [1.807, 2.05) is 24.3 Å². The van der Waals surface area contributed by atoms with E-state index in [9.17, 15) is 9.59 Å². The maximum absolute atomic E-state index is 12.1. The van der Waals surface area contributed by atoms with Crippen molar-refractivity contribution in [2.24, 2.45) is 0 Å². The van der Waals surface area contributed by atoms with Crippen molar-refractivity contribution in [2.45, 2.75) is 13.8 Å². The topological polar surface area (TPSA) is 62.3 Å². The molecule has 0 unspecified atom stereocenters. The van der Waals surface area contributed by atoms with Crippen LogP contribution in [-0.2, 0) is 9.59 Å². The fourth-order valence-electron chi connectivity index (χ4n) is 2.21. The van der Waals surface area contributed by atoms with E-state index in [0.29, 0.717) is 17.0 Å². The molecule has 1 aromatic carbocycles. The summed E-state index contributed by atoms with van der Waals surface area (Å²) in [5, 5.41) is 2.91. The van der Waals surface area contributed by atoms with Crippen LogP contribution in [0.4, 0.5) is 5.82 Å². The lowest BCUT2D eigenvalue weighted by molar-refractivity contribution is -0.135. The number of imide groups is 1. The summed E-state index contributed by atoms with van der Waals surface area (Å²) < 4.78 is 0. The van der Waals surface area contributed by atoms with E-state index < -0.39 is 0 Å². The molecule has 6 heteroatoms. The smallest absolute Gasteiger partial charge is 0.271 e. The van der Waals surface area contributed by atoms with E-state index in [2.05, 4.69) is 10.4 Å². The highest BCUT2D eigenvalue weighted by Crippen LogP contribution is 2.27. The Hall–Kier alpha value is -2.40. The summed E-state index contributed by atoms with van der Waals surface area (Å²) in [7, 11) is 0. The number of benzene rings is 1. The lowest BCUT2D eigenvalue weighted by Gasteiger charge is -2.18. The number of fused-ring (bicyclic) bond motifs is 1. The van der Waals surface area contributed by atoms with Gasteiger partial charge in [-0.15, -0.1) is 0 Å². The van der Waals surface area contributed by atoms with Crippen LogP contribution in [0.1, 0.15) is 13.8 Å². The first-order valence-corrected chi connectivity index (χ1v) is 6.75. The van der Waals surface area contributed by atoms with Gasteiger partial charge >= 0.3 is 0 Å². The van der Waals surface area contributed by atoms with E-state index in [1.165, 1.54) is 0 Å². The predicted octanol–water partition coefficient (Wildman–Crippen LogP) is 2.92. The van der Waals surface area contributed by atoms with Gasteiger partial charge in [-0.1, -0.05) is 35.9 Å². The van der Waals surface area contributed by atoms with Gasteiger partial charge in [0.2, 0.25) is 0 Å². The van der Waals surface area contributed by atoms with Crippen LogP contribution in [0.25, 0.3) is 10.8 Å². The molecule has 0 fully saturated rings. The van der Waals surface area contributed by atoms with Crippen LogP contribution in [0.15, 0.2) is 41.5 Å². The summed E-state index contributed by atoms with van der Waals surface area (Å²) in [6, 6.07) is 9.19. The first-order valence-electron chi connectivity index (χ1n) is 6.37. The summed E-state index contributed by atoms with van der Waals surface area (Å²) in [5.41, 5.74) is 3.64. The predicted molar refractivity (Wildman–Crippen MR) is 80.6 cm³/mol. The van der Waals surface area contributed by atoms with Crippen LogP contribution in [-0.4, -0.2) is 21.8 Å². The van der Waals surface area contributed by atoms with Crippen LogP contribution in [0.3, 0.4) is 0 Å². The second-order valence-electron chi connectivity index (χ2n) is 4.82. The van der Waals surface area contributed by atoms with Gasteiger partial charge in [0.25, 0.3) is 11.8 Å². The molecule has 0 radical (unpaired) electrons. The molecule has 0 saturated heterocycles. The average molecular weight is 302 g/mol. The number of halogens is 1. The number of pyridine rings is 1. The number of aromatic nitrogens is 1. The summed E-state index contributed by atoms with van der Waals surface area (Å²) in [6.07, 6.45) is 0. The molecule has 1 aliphatic rings. The van der Waals surface area contributed by atoms with Crippen LogP contribution < -0.4 is 5.43 Å². The maximum Gasteiger partial charge on any atom is 0.275 e. The van der Waals surface area contributed by atoms with Gasteiger partial charge < -0.3 is 0 Å². The largest absolute Gasteiger partial charge is 0.275 e. The molecule has 21 heavy (non-hydrogen) atoms. The summed E-state index contributed by atoms with van der Waals surface area (Å²) >= 11 is 5.99. The first kappa shape index (κ1) is 13.6. The third-order valence-corrected chi connectivity index (χ3v) is 3.73. The second-order valence-corrected chi connectivity index (χ2v) is 5.21. The van der Waals surface area contributed by atoms with Gasteiger partial charge in [0.15, 0.2) is 5.82 Å². The first-order chi connectivity index (χ1) is 9.99. The maximum atomic E-state index is 12.1. The van der Waals surface area contributed by atoms with Crippen LogP contribution >= 0.6 is 11.6 Å². The Morgan fingerprint density at radius 3 is 2.38 bits per heavy atom. The molecule has 0 spiro atoms. The van der Waals surface area contributed by atoms with Gasteiger partial charge in [0.05, 0.1) is 0 Å². The third kappa shape index (κ3) is 2.15. The molecule has 0 atom stereocenters. The Morgan fingerprint density at radius 1 is 1.10 bits per heavy atom. The van der Waals surface area contributed by atoms with Crippen LogP contribution in [0.5, 0.6) is 0 Å². The van der Waals surface area contributed by atoms with E-state index in [4.69, 9.17) is 11.6 Å². The van der Waals surface area contributed by atoms with Crippen LogP contribution in [0, 0.1) is 0 Å². The van der Waals surface area contributed by atoms with E-state index in [1.54, 1.807) is 19.9 Å². The SMILES string of the molecule is CC1=C(C)C(=O)N(Nc2nc(Cl)cc3ccccc23)C1=O. The lowest BCUT2D eigenvalue weighted by atomic mass is 10.2. The highest BCUT2D eigenvalue weighted by Gasteiger charge is 2.34. The molecule has 106 valence electrons. The molecule has 3 rings (SSSR count). The van der Waals surface area contributed by atoms with Crippen molar-refractivity contribution in [2.75, 3.05) is 5.43 Å². The fourth-order valence-corrected chi connectivity index (χ4v) is 2.41. The van der Waals surface area contributed by atoms with Gasteiger partial charge in [-0.2, -0.15) is 5.01 Å². The Balaban J connectivity index is 2.04. The number of hydrogen-bond donors (Lipinski definition) is 1. The van der Waals surface area contributed by atoms with E-state index in [0.717, 1.165) is 15.8 Å². The second kappa shape index (κ2) is 4.86. The Morgan fingerprint density at radius 2 is 1.71 bits per heavy atom. The molecule has 2 amide bonds. The van der Waals surface area contributed by atoms with Crippen molar-refractivity contribution >= 4 is 40.0 Å². The van der Waals surface area contributed by atoms with Gasteiger partial charge in [-0.05, 0) is 25.3 Å². The zero-order valence-corrected chi connectivity index (χ0v) is 12.2. The normalized spacial score (nSPS) is 15.3. The zero-order valence-electron chi connectivity index (χ0n) is 11.5. The summed E-state index contributed by atoms with van der Waals surface area (Å²) in [5.74, 6) is -0.367. The number of hydrogen-bond acceptors (Lipinski definition) is 4. The number of amides is 2. The monoisotopic (exact) mass is 301 g/mol. The number of carbonyl (C=O) groups is 2. The highest BCUT2D eigenvalue weighted by atomic mass is 35.5. The molecular weight excluding hydrogens is 290 g/mol. The molecule has 0 bridgehead atoms. The van der Waals surface area contributed by atoms with Gasteiger partial charge in [-0.25, -0.2) is 4.98 Å². The molecule has 2 aromatic rings. The van der Waals surface area contributed by atoms with E-state index >= 15 is 0 Å². The minimum absolute atomic E-state index is 0.289. The molecule has 2 heterocycles. The number of hydrazine groups is 1. The molecule has 1 aromatic heterocycles. The number of rotatable bonds is 2. The summed E-state index contributed by atoms with van der Waals surface area (Å²) in [4.78, 5) is 28.3. The molecular formula is C15H12ClN3O2. The minimum atomic E-state index is -0.372. The van der Waals surface area contributed by atoms with Crippen molar-refractivity contribution in [3.05, 3.63) is 46.6 Å².